The molecule has 1 aromatic carbocycles. The standard InChI is InChI=1S/C26H37NS/c1-16-7-9-22(10-8-16)24-12-11-23(17(2)13-24)14-25-18(3)20(5)26(27-15-28)21(6)19(25)4/h16,22,24H,7-14H2,1-6H3. The number of benzene rings is 1. The van der Waals surface area contributed by atoms with E-state index in [1.165, 1.54) is 72.8 Å². The first-order valence-corrected chi connectivity index (χ1v) is 11.6. The Labute approximate surface area is 177 Å². The van der Waals surface area contributed by atoms with E-state index in [0.717, 1.165) is 29.9 Å². The molecule has 0 spiro atoms. The third-order valence-corrected chi connectivity index (χ3v) is 8.10. The van der Waals surface area contributed by atoms with E-state index in [1.54, 1.807) is 11.1 Å². The average Bonchev–Trinajstić information content (AvgIpc) is 2.68. The Morgan fingerprint density at radius 1 is 0.857 bits per heavy atom. The van der Waals surface area contributed by atoms with Gasteiger partial charge in [0, 0.05) is 0 Å². The van der Waals surface area contributed by atoms with E-state index in [4.69, 9.17) is 12.2 Å². The van der Waals surface area contributed by atoms with Gasteiger partial charge in [0.25, 0.3) is 0 Å². The maximum absolute atomic E-state index is 4.87. The third kappa shape index (κ3) is 4.34. The van der Waals surface area contributed by atoms with Gasteiger partial charge < -0.3 is 0 Å². The fourth-order valence-corrected chi connectivity index (χ4v) is 5.77. The van der Waals surface area contributed by atoms with Crippen molar-refractivity contribution in [2.45, 2.75) is 92.9 Å². The third-order valence-electron chi connectivity index (χ3n) is 8.00. The van der Waals surface area contributed by atoms with E-state index in [2.05, 4.69) is 51.7 Å². The van der Waals surface area contributed by atoms with Crippen molar-refractivity contribution in [1.29, 1.82) is 0 Å². The molecule has 3 rings (SSSR count). The fourth-order valence-electron chi connectivity index (χ4n) is 5.67. The average molecular weight is 396 g/mol. The van der Waals surface area contributed by atoms with Crippen molar-refractivity contribution in [3.8, 4) is 0 Å². The van der Waals surface area contributed by atoms with Crippen LogP contribution in [0.3, 0.4) is 0 Å². The summed E-state index contributed by atoms with van der Waals surface area (Å²) in [5.41, 5.74) is 11.2. The monoisotopic (exact) mass is 395 g/mol. The van der Waals surface area contributed by atoms with E-state index in [9.17, 15) is 0 Å². The zero-order chi connectivity index (χ0) is 20.4. The zero-order valence-corrected chi connectivity index (χ0v) is 19.6. The van der Waals surface area contributed by atoms with Crippen LogP contribution < -0.4 is 0 Å². The molecule has 0 saturated heterocycles. The topological polar surface area (TPSA) is 12.4 Å². The van der Waals surface area contributed by atoms with Crippen molar-refractivity contribution >= 4 is 23.1 Å². The second kappa shape index (κ2) is 9.06. The second-order valence-corrected chi connectivity index (χ2v) is 9.80. The highest BCUT2D eigenvalue weighted by Crippen LogP contribution is 2.43. The zero-order valence-electron chi connectivity index (χ0n) is 18.7. The minimum absolute atomic E-state index is 0.932. The first-order valence-electron chi connectivity index (χ1n) is 11.2. The predicted octanol–water partition coefficient (Wildman–Crippen LogP) is 8.14. The smallest absolute Gasteiger partial charge is 0.0803 e. The van der Waals surface area contributed by atoms with Crippen LogP contribution in [0.2, 0.25) is 0 Å². The Morgan fingerprint density at radius 2 is 1.46 bits per heavy atom. The fraction of sp³-hybridized carbons (Fsp3) is 0.654. The Bertz CT molecular complexity index is 788. The lowest BCUT2D eigenvalue weighted by molar-refractivity contribution is 0.196. The molecule has 2 heteroatoms. The molecule has 1 nitrogen and oxygen atoms in total. The summed E-state index contributed by atoms with van der Waals surface area (Å²) < 4.78 is 0. The molecule has 0 amide bonds. The van der Waals surface area contributed by atoms with Gasteiger partial charge in [-0.25, -0.2) is 0 Å². The number of nitrogens with zero attached hydrogens (tertiary/aromatic N) is 1. The molecule has 1 aromatic rings. The number of allylic oxidation sites excluding steroid dienone is 2. The SMILES string of the molecule is CC1=C(Cc2c(C)c(C)c(N=C=S)c(C)c2C)CCC(C2CCC(C)CC2)C1. The molecule has 0 radical (unpaired) electrons. The first kappa shape index (κ1) is 21.5. The van der Waals surface area contributed by atoms with Gasteiger partial charge in [-0.15, -0.1) is 0 Å². The van der Waals surface area contributed by atoms with Crippen molar-refractivity contribution in [1.82, 2.24) is 0 Å². The summed E-state index contributed by atoms with van der Waals surface area (Å²) in [6.45, 7) is 13.7. The van der Waals surface area contributed by atoms with Gasteiger partial charge in [-0.3, -0.25) is 0 Å². The van der Waals surface area contributed by atoms with Crippen LogP contribution in [0.25, 0.3) is 0 Å². The van der Waals surface area contributed by atoms with Gasteiger partial charge >= 0.3 is 0 Å². The highest BCUT2D eigenvalue weighted by Gasteiger charge is 2.29. The molecule has 1 saturated carbocycles. The van der Waals surface area contributed by atoms with Crippen molar-refractivity contribution in [3.63, 3.8) is 0 Å². The summed E-state index contributed by atoms with van der Waals surface area (Å²) in [7, 11) is 0. The molecule has 152 valence electrons. The molecule has 0 heterocycles. The molecule has 1 unspecified atom stereocenters. The van der Waals surface area contributed by atoms with Gasteiger partial charge in [-0.2, -0.15) is 4.99 Å². The summed E-state index contributed by atoms with van der Waals surface area (Å²) in [6, 6.07) is 0. The molecular formula is C26H37NS. The highest BCUT2D eigenvalue weighted by atomic mass is 32.1. The maximum atomic E-state index is 4.87. The second-order valence-electron chi connectivity index (χ2n) is 9.61. The highest BCUT2D eigenvalue weighted by molar-refractivity contribution is 7.78. The largest absolute Gasteiger partial charge is 0.194 e. The van der Waals surface area contributed by atoms with Crippen LogP contribution in [-0.2, 0) is 6.42 Å². The molecule has 0 aromatic heterocycles. The molecule has 1 fully saturated rings. The van der Waals surface area contributed by atoms with Gasteiger partial charge in [0.05, 0.1) is 10.8 Å². The van der Waals surface area contributed by atoms with Gasteiger partial charge in [-0.1, -0.05) is 30.9 Å². The van der Waals surface area contributed by atoms with E-state index >= 15 is 0 Å². The van der Waals surface area contributed by atoms with Crippen LogP contribution in [0.5, 0.6) is 0 Å². The Morgan fingerprint density at radius 3 is 2.00 bits per heavy atom. The Balaban J connectivity index is 1.81. The van der Waals surface area contributed by atoms with Gasteiger partial charge in [0.1, 0.15) is 0 Å². The summed E-state index contributed by atoms with van der Waals surface area (Å²) in [5.74, 6) is 2.86. The lowest BCUT2D eigenvalue weighted by atomic mass is 9.69. The van der Waals surface area contributed by atoms with E-state index < -0.39 is 0 Å². The van der Waals surface area contributed by atoms with Crippen LogP contribution in [0.15, 0.2) is 16.1 Å². The lowest BCUT2D eigenvalue weighted by Gasteiger charge is -2.36. The van der Waals surface area contributed by atoms with Gasteiger partial charge in [-0.05, 0) is 131 Å². The predicted molar refractivity (Wildman–Crippen MR) is 125 cm³/mol. The number of aliphatic imine (C=N–C) groups is 1. The van der Waals surface area contributed by atoms with Crippen LogP contribution in [0, 0.1) is 45.4 Å². The quantitative estimate of drug-likeness (QED) is 0.285. The summed E-state index contributed by atoms with van der Waals surface area (Å²) in [5, 5.41) is 2.57. The molecule has 28 heavy (non-hydrogen) atoms. The Hall–Kier alpha value is -1.24. The van der Waals surface area contributed by atoms with Crippen molar-refractivity contribution in [2.24, 2.45) is 22.7 Å². The number of hydrogen-bond acceptors (Lipinski definition) is 2. The van der Waals surface area contributed by atoms with E-state index in [-0.39, 0.29) is 0 Å². The minimum Gasteiger partial charge on any atom is -0.194 e. The number of hydrogen-bond donors (Lipinski definition) is 0. The van der Waals surface area contributed by atoms with Gasteiger partial charge in [0.15, 0.2) is 0 Å². The van der Waals surface area contributed by atoms with Gasteiger partial charge in [0.2, 0.25) is 0 Å². The van der Waals surface area contributed by atoms with Crippen LogP contribution in [0.1, 0.15) is 86.6 Å². The van der Waals surface area contributed by atoms with Crippen molar-refractivity contribution in [2.75, 3.05) is 0 Å². The molecule has 2 aliphatic carbocycles. The number of rotatable bonds is 4. The molecule has 1 atom stereocenters. The van der Waals surface area contributed by atoms with E-state index in [0.29, 0.717) is 0 Å². The number of thiocarbonyl (C=S) groups is 1. The van der Waals surface area contributed by atoms with Crippen LogP contribution in [-0.4, -0.2) is 5.16 Å². The number of isothiocyanates is 1. The van der Waals surface area contributed by atoms with E-state index in [1.807, 2.05) is 0 Å². The van der Waals surface area contributed by atoms with Crippen LogP contribution in [0.4, 0.5) is 5.69 Å². The minimum atomic E-state index is 0.932. The maximum Gasteiger partial charge on any atom is 0.0803 e. The van der Waals surface area contributed by atoms with Crippen molar-refractivity contribution < 1.29 is 0 Å². The molecule has 0 aliphatic heterocycles. The lowest BCUT2D eigenvalue weighted by Crippen LogP contribution is -2.24. The summed E-state index contributed by atoms with van der Waals surface area (Å²) in [6.07, 6.45) is 11.0. The van der Waals surface area contributed by atoms with Crippen LogP contribution >= 0.6 is 12.2 Å². The molecule has 0 N–H and O–H groups in total. The molecule has 0 bridgehead atoms. The van der Waals surface area contributed by atoms with Crippen molar-refractivity contribution in [3.05, 3.63) is 39.0 Å². The molecular weight excluding hydrogens is 358 g/mol. The summed E-state index contributed by atoms with van der Waals surface area (Å²) in [4.78, 5) is 4.35. The Kier molecular flexibility index (Phi) is 6.94. The first-order chi connectivity index (χ1) is 13.3. The molecule has 2 aliphatic rings. The normalized spacial score (nSPS) is 25.6. The summed E-state index contributed by atoms with van der Waals surface area (Å²) >= 11 is 4.87.